The fourth-order valence-corrected chi connectivity index (χ4v) is 3.38. The van der Waals surface area contributed by atoms with Crippen molar-refractivity contribution in [1.82, 2.24) is 5.32 Å². The first-order valence-corrected chi connectivity index (χ1v) is 7.41. The van der Waals surface area contributed by atoms with Gasteiger partial charge in [-0.15, -0.1) is 11.3 Å². The Morgan fingerprint density at radius 2 is 2.33 bits per heavy atom. The van der Waals surface area contributed by atoms with Gasteiger partial charge in [-0.05, 0) is 39.7 Å². The predicted octanol–water partition coefficient (Wildman–Crippen LogP) is 2.28. The van der Waals surface area contributed by atoms with E-state index in [1.165, 1.54) is 11.3 Å². The number of rotatable bonds is 5. The highest BCUT2D eigenvalue weighted by Crippen LogP contribution is 2.37. The van der Waals surface area contributed by atoms with E-state index in [2.05, 4.69) is 21.2 Å². The van der Waals surface area contributed by atoms with Crippen molar-refractivity contribution in [3.8, 4) is 0 Å². The average Bonchev–Trinajstić information content (AvgIpc) is 2.90. The van der Waals surface area contributed by atoms with Crippen LogP contribution in [-0.2, 0) is 16.0 Å². The van der Waals surface area contributed by atoms with Gasteiger partial charge in [0.25, 0.3) is 0 Å². The molecule has 0 radical (unpaired) electrons. The van der Waals surface area contributed by atoms with Gasteiger partial charge in [0.15, 0.2) is 0 Å². The average molecular weight is 332 g/mol. The number of carbonyl (C=O) groups excluding carboxylic acids is 1. The van der Waals surface area contributed by atoms with E-state index in [0.717, 1.165) is 15.8 Å². The summed E-state index contributed by atoms with van der Waals surface area (Å²) in [5, 5.41) is 13.7. The van der Waals surface area contributed by atoms with Gasteiger partial charge in [0.1, 0.15) is 6.04 Å². The highest BCUT2D eigenvalue weighted by atomic mass is 79.9. The Balaban J connectivity index is 1.98. The molecule has 2 rings (SSSR count). The maximum absolute atomic E-state index is 11.8. The summed E-state index contributed by atoms with van der Waals surface area (Å²) in [7, 11) is 0. The van der Waals surface area contributed by atoms with Crippen molar-refractivity contribution in [3.05, 3.63) is 20.8 Å². The molecule has 0 aromatic carbocycles. The Morgan fingerprint density at radius 1 is 1.67 bits per heavy atom. The zero-order chi connectivity index (χ0) is 13.3. The van der Waals surface area contributed by atoms with Crippen LogP contribution in [0.15, 0.2) is 15.9 Å². The van der Waals surface area contributed by atoms with Gasteiger partial charge >= 0.3 is 5.97 Å². The van der Waals surface area contributed by atoms with Gasteiger partial charge < -0.3 is 10.4 Å². The summed E-state index contributed by atoms with van der Waals surface area (Å²) in [4.78, 5) is 23.9. The van der Waals surface area contributed by atoms with Gasteiger partial charge in [0.05, 0.1) is 0 Å². The molecular formula is C12H14BrNO3S. The number of carboxylic acid groups (broad SMARTS) is 1. The highest BCUT2D eigenvalue weighted by molar-refractivity contribution is 9.10. The first-order valence-electron chi connectivity index (χ1n) is 5.74. The fourth-order valence-electron chi connectivity index (χ4n) is 1.82. The first-order chi connectivity index (χ1) is 8.49. The van der Waals surface area contributed by atoms with Crippen LogP contribution in [0.2, 0.25) is 0 Å². The number of nitrogens with one attached hydrogen (secondary N) is 1. The molecule has 0 spiro atoms. The lowest BCUT2D eigenvalue weighted by Crippen LogP contribution is -2.43. The number of carboxylic acids is 1. The van der Waals surface area contributed by atoms with Crippen LogP contribution in [0.1, 0.15) is 18.2 Å². The Morgan fingerprint density at radius 3 is 2.78 bits per heavy atom. The van der Waals surface area contributed by atoms with Gasteiger partial charge in [-0.2, -0.15) is 0 Å². The quantitative estimate of drug-likeness (QED) is 0.869. The Kier molecular flexibility index (Phi) is 4.07. The Hall–Kier alpha value is -0.880. The van der Waals surface area contributed by atoms with E-state index in [-0.39, 0.29) is 11.8 Å². The summed E-state index contributed by atoms with van der Waals surface area (Å²) in [6, 6.07) is 1.03. The monoisotopic (exact) mass is 331 g/mol. The Labute approximate surface area is 118 Å². The molecule has 98 valence electrons. The molecule has 1 aromatic rings. The molecule has 6 heteroatoms. The van der Waals surface area contributed by atoms with E-state index >= 15 is 0 Å². The minimum Gasteiger partial charge on any atom is -0.480 e. The van der Waals surface area contributed by atoms with Gasteiger partial charge in [0, 0.05) is 21.7 Å². The molecule has 0 aliphatic heterocycles. The van der Waals surface area contributed by atoms with Gasteiger partial charge in [-0.25, -0.2) is 4.79 Å². The molecule has 1 aliphatic carbocycles. The number of thiophene rings is 1. The SMILES string of the molecule is CC1CC1C(=O)N[C@@H](Cc1sccc1Br)C(=O)O. The molecule has 18 heavy (non-hydrogen) atoms. The molecule has 1 aliphatic rings. The van der Waals surface area contributed by atoms with E-state index in [9.17, 15) is 9.59 Å². The smallest absolute Gasteiger partial charge is 0.326 e. The standard InChI is InChI=1S/C12H14BrNO3S/c1-6-4-7(6)11(15)14-9(12(16)17)5-10-8(13)2-3-18-10/h2-3,6-7,9H,4-5H2,1H3,(H,14,15)(H,16,17)/t6?,7?,9-/m0/s1. The van der Waals surface area contributed by atoms with Crippen LogP contribution in [0.4, 0.5) is 0 Å². The van der Waals surface area contributed by atoms with Crippen molar-refractivity contribution >= 4 is 39.1 Å². The summed E-state index contributed by atoms with van der Waals surface area (Å²) in [6.07, 6.45) is 1.18. The second-order valence-corrected chi connectivity index (χ2v) is 6.47. The molecular weight excluding hydrogens is 318 g/mol. The number of hydrogen-bond donors (Lipinski definition) is 2. The van der Waals surface area contributed by atoms with Crippen molar-refractivity contribution in [1.29, 1.82) is 0 Å². The summed E-state index contributed by atoms with van der Waals surface area (Å²) < 4.78 is 0.896. The molecule has 1 amide bonds. The third kappa shape index (κ3) is 3.11. The summed E-state index contributed by atoms with van der Waals surface area (Å²) in [6.45, 7) is 2.00. The normalized spacial score (nSPS) is 23.4. The third-order valence-electron chi connectivity index (χ3n) is 3.14. The maximum Gasteiger partial charge on any atom is 0.326 e. The highest BCUT2D eigenvalue weighted by Gasteiger charge is 2.40. The van der Waals surface area contributed by atoms with Crippen molar-refractivity contribution in [2.45, 2.75) is 25.8 Å². The zero-order valence-electron chi connectivity index (χ0n) is 9.85. The van der Waals surface area contributed by atoms with Crippen molar-refractivity contribution in [2.75, 3.05) is 0 Å². The largest absolute Gasteiger partial charge is 0.480 e. The zero-order valence-corrected chi connectivity index (χ0v) is 12.3. The molecule has 3 atom stereocenters. The number of halogens is 1. The minimum atomic E-state index is -0.989. The topological polar surface area (TPSA) is 66.4 Å². The van der Waals surface area contributed by atoms with E-state index in [1.54, 1.807) is 0 Å². The number of aliphatic carboxylic acids is 1. The maximum atomic E-state index is 11.8. The number of amides is 1. The predicted molar refractivity (Wildman–Crippen MR) is 72.6 cm³/mol. The van der Waals surface area contributed by atoms with E-state index in [1.807, 2.05) is 18.4 Å². The summed E-state index contributed by atoms with van der Waals surface area (Å²) in [5.41, 5.74) is 0. The molecule has 2 N–H and O–H groups in total. The molecule has 0 saturated heterocycles. The number of hydrogen-bond acceptors (Lipinski definition) is 3. The van der Waals surface area contributed by atoms with Crippen LogP contribution < -0.4 is 5.32 Å². The second kappa shape index (κ2) is 5.40. The van der Waals surface area contributed by atoms with Crippen LogP contribution in [0.5, 0.6) is 0 Å². The van der Waals surface area contributed by atoms with Crippen molar-refractivity contribution in [3.63, 3.8) is 0 Å². The third-order valence-corrected chi connectivity index (χ3v) is 5.09. The van der Waals surface area contributed by atoms with Crippen molar-refractivity contribution < 1.29 is 14.7 Å². The van der Waals surface area contributed by atoms with Crippen LogP contribution in [0.3, 0.4) is 0 Å². The molecule has 1 heterocycles. The van der Waals surface area contributed by atoms with Crippen molar-refractivity contribution in [2.24, 2.45) is 11.8 Å². The van der Waals surface area contributed by atoms with E-state index in [0.29, 0.717) is 12.3 Å². The fraction of sp³-hybridized carbons (Fsp3) is 0.500. The van der Waals surface area contributed by atoms with Crippen LogP contribution in [-0.4, -0.2) is 23.0 Å². The molecule has 0 bridgehead atoms. The number of carbonyl (C=O) groups is 2. The van der Waals surface area contributed by atoms with Gasteiger partial charge in [-0.3, -0.25) is 4.79 Å². The molecule has 1 fully saturated rings. The van der Waals surface area contributed by atoms with Crippen LogP contribution in [0, 0.1) is 11.8 Å². The van der Waals surface area contributed by atoms with Gasteiger partial charge in [-0.1, -0.05) is 6.92 Å². The molecule has 1 saturated carbocycles. The lowest BCUT2D eigenvalue weighted by Gasteiger charge is -2.14. The summed E-state index contributed by atoms with van der Waals surface area (Å²) >= 11 is 4.85. The van der Waals surface area contributed by atoms with Crippen LogP contribution >= 0.6 is 27.3 Å². The lowest BCUT2D eigenvalue weighted by molar-refractivity contribution is -0.142. The van der Waals surface area contributed by atoms with E-state index < -0.39 is 12.0 Å². The minimum absolute atomic E-state index is 0.00127. The Bertz CT molecular complexity index is 474. The summed E-state index contributed by atoms with van der Waals surface area (Å²) in [5.74, 6) is -0.744. The van der Waals surface area contributed by atoms with Gasteiger partial charge in [0.2, 0.25) is 5.91 Å². The molecule has 2 unspecified atom stereocenters. The second-order valence-electron chi connectivity index (χ2n) is 4.61. The lowest BCUT2D eigenvalue weighted by atomic mass is 10.1. The molecule has 1 aromatic heterocycles. The molecule has 4 nitrogen and oxygen atoms in total. The van der Waals surface area contributed by atoms with E-state index in [4.69, 9.17) is 5.11 Å². The first kappa shape index (κ1) is 13.5. The van der Waals surface area contributed by atoms with Crippen LogP contribution in [0.25, 0.3) is 0 Å².